The van der Waals surface area contributed by atoms with E-state index in [4.69, 9.17) is 17.3 Å². The first-order valence-corrected chi connectivity index (χ1v) is 7.41. The topological polar surface area (TPSA) is 26.0 Å². The predicted molar refractivity (Wildman–Crippen MR) is 87.5 cm³/mol. The van der Waals surface area contributed by atoms with Crippen molar-refractivity contribution in [1.29, 1.82) is 0 Å². The number of aryl methyl sites for hydroxylation is 3. The van der Waals surface area contributed by atoms with E-state index in [2.05, 4.69) is 39.0 Å². The molecule has 0 heterocycles. The Bertz CT molecular complexity index is 581. The molecule has 2 N–H and O–H groups in total. The molecule has 1 atom stereocenters. The van der Waals surface area contributed by atoms with Crippen molar-refractivity contribution < 1.29 is 0 Å². The molecule has 0 aliphatic heterocycles. The maximum Gasteiger partial charge on any atom is 0.0438 e. The number of halogens is 1. The van der Waals surface area contributed by atoms with E-state index >= 15 is 0 Å². The van der Waals surface area contributed by atoms with Crippen LogP contribution in [0.4, 0.5) is 0 Å². The summed E-state index contributed by atoms with van der Waals surface area (Å²) in [6.45, 7) is 6.46. The summed E-state index contributed by atoms with van der Waals surface area (Å²) in [7, 11) is 0. The molecule has 1 unspecified atom stereocenters. The molecule has 0 saturated carbocycles. The maximum absolute atomic E-state index is 6.32. The van der Waals surface area contributed by atoms with Gasteiger partial charge in [0.15, 0.2) is 0 Å². The fraction of sp³-hybridized carbons (Fsp3) is 0.333. The van der Waals surface area contributed by atoms with Gasteiger partial charge in [-0.1, -0.05) is 47.5 Å². The van der Waals surface area contributed by atoms with Gasteiger partial charge in [0.1, 0.15) is 0 Å². The number of hydrogen-bond acceptors (Lipinski definition) is 1. The molecular weight excluding hydrogens is 266 g/mol. The van der Waals surface area contributed by atoms with Crippen LogP contribution in [0.25, 0.3) is 0 Å². The lowest BCUT2D eigenvalue weighted by molar-refractivity contribution is 0.660. The van der Waals surface area contributed by atoms with Crippen LogP contribution in [0.15, 0.2) is 36.4 Å². The van der Waals surface area contributed by atoms with E-state index in [0.29, 0.717) is 0 Å². The van der Waals surface area contributed by atoms with E-state index in [1.54, 1.807) is 0 Å². The van der Waals surface area contributed by atoms with Gasteiger partial charge in [-0.25, -0.2) is 0 Å². The maximum atomic E-state index is 6.32. The largest absolute Gasteiger partial charge is 0.327 e. The minimum Gasteiger partial charge on any atom is -0.327 e. The molecule has 0 fully saturated rings. The van der Waals surface area contributed by atoms with Gasteiger partial charge in [0.05, 0.1) is 0 Å². The van der Waals surface area contributed by atoms with E-state index in [-0.39, 0.29) is 6.04 Å². The third-order valence-corrected chi connectivity index (χ3v) is 4.12. The van der Waals surface area contributed by atoms with E-state index in [1.807, 2.05) is 18.2 Å². The third kappa shape index (κ3) is 3.62. The Balaban J connectivity index is 2.13. The Labute approximate surface area is 126 Å². The van der Waals surface area contributed by atoms with Crippen LogP contribution < -0.4 is 5.73 Å². The number of hydrogen-bond donors (Lipinski definition) is 1. The molecule has 106 valence electrons. The number of benzene rings is 2. The Morgan fingerprint density at radius 1 is 1.00 bits per heavy atom. The molecule has 0 bridgehead atoms. The molecule has 2 rings (SSSR count). The highest BCUT2D eigenvalue weighted by Gasteiger charge is 2.11. The molecule has 0 saturated heterocycles. The Morgan fingerprint density at radius 3 is 2.20 bits per heavy atom. The molecule has 0 radical (unpaired) electrons. The zero-order valence-electron chi connectivity index (χ0n) is 12.4. The van der Waals surface area contributed by atoms with Gasteiger partial charge in [-0.2, -0.15) is 0 Å². The predicted octanol–water partition coefficient (Wildman–Crippen LogP) is 4.38. The summed E-state index contributed by atoms with van der Waals surface area (Å²) in [5, 5.41) is 0.806. The fourth-order valence-electron chi connectivity index (χ4n) is 2.81. The van der Waals surface area contributed by atoms with Crippen molar-refractivity contribution in [3.05, 3.63) is 69.2 Å². The van der Waals surface area contributed by atoms with E-state index < -0.39 is 0 Å². The van der Waals surface area contributed by atoms with Crippen LogP contribution in [0.1, 0.15) is 27.8 Å². The molecular formula is C18H22ClN. The minimum absolute atomic E-state index is 0.0926. The van der Waals surface area contributed by atoms with E-state index in [1.165, 1.54) is 22.3 Å². The summed E-state index contributed by atoms with van der Waals surface area (Å²) in [6.07, 6.45) is 1.70. The Kier molecular flexibility index (Phi) is 4.85. The summed E-state index contributed by atoms with van der Waals surface area (Å²) < 4.78 is 0. The lowest BCUT2D eigenvalue weighted by atomic mass is 9.92. The average Bonchev–Trinajstić information content (AvgIpc) is 2.36. The quantitative estimate of drug-likeness (QED) is 0.887. The molecule has 0 aliphatic carbocycles. The van der Waals surface area contributed by atoms with Gasteiger partial charge in [0, 0.05) is 11.1 Å². The molecule has 0 spiro atoms. The molecule has 1 nitrogen and oxygen atoms in total. The van der Waals surface area contributed by atoms with Gasteiger partial charge in [0.25, 0.3) is 0 Å². The molecule has 2 heteroatoms. The monoisotopic (exact) mass is 287 g/mol. The molecule has 20 heavy (non-hydrogen) atoms. The summed E-state index contributed by atoms with van der Waals surface area (Å²) in [5.74, 6) is 0. The SMILES string of the molecule is Cc1cc(C)c(CC(N)Cc2ccccc2Cl)c(C)c1. The van der Waals surface area contributed by atoms with Gasteiger partial charge in [-0.15, -0.1) is 0 Å². The minimum atomic E-state index is 0.0926. The highest BCUT2D eigenvalue weighted by Crippen LogP contribution is 2.21. The van der Waals surface area contributed by atoms with E-state index in [9.17, 15) is 0 Å². The van der Waals surface area contributed by atoms with Crippen LogP contribution in [0, 0.1) is 20.8 Å². The van der Waals surface area contributed by atoms with Crippen molar-refractivity contribution >= 4 is 11.6 Å². The zero-order chi connectivity index (χ0) is 14.7. The van der Waals surface area contributed by atoms with Gasteiger partial charge in [0.2, 0.25) is 0 Å². The highest BCUT2D eigenvalue weighted by atomic mass is 35.5. The van der Waals surface area contributed by atoms with Crippen molar-refractivity contribution in [3.8, 4) is 0 Å². The smallest absolute Gasteiger partial charge is 0.0438 e. The summed E-state index contributed by atoms with van der Waals surface area (Å²) >= 11 is 6.20. The molecule has 0 amide bonds. The summed E-state index contributed by atoms with van der Waals surface area (Å²) in [4.78, 5) is 0. The first-order valence-electron chi connectivity index (χ1n) is 7.03. The standard InChI is InChI=1S/C18H22ClN/c1-12-8-13(2)17(14(3)9-12)11-16(20)10-15-6-4-5-7-18(15)19/h4-9,16H,10-11,20H2,1-3H3. The number of nitrogens with two attached hydrogens (primary N) is 1. The second kappa shape index (κ2) is 6.43. The normalized spacial score (nSPS) is 12.4. The first kappa shape index (κ1) is 15.1. The van der Waals surface area contributed by atoms with Crippen molar-refractivity contribution in [2.24, 2.45) is 5.73 Å². The van der Waals surface area contributed by atoms with Gasteiger partial charge in [-0.05, 0) is 61.9 Å². The van der Waals surface area contributed by atoms with Crippen LogP contribution in [0.3, 0.4) is 0 Å². The summed E-state index contributed by atoms with van der Waals surface area (Å²) in [6, 6.07) is 12.5. The van der Waals surface area contributed by atoms with Crippen LogP contribution in [0.5, 0.6) is 0 Å². The molecule has 2 aromatic carbocycles. The second-order valence-corrected chi connectivity index (χ2v) is 6.04. The van der Waals surface area contributed by atoms with Gasteiger partial charge < -0.3 is 5.73 Å². The summed E-state index contributed by atoms with van der Waals surface area (Å²) in [5.41, 5.74) is 12.8. The van der Waals surface area contributed by atoms with Gasteiger partial charge in [-0.3, -0.25) is 0 Å². The lowest BCUT2D eigenvalue weighted by Gasteiger charge is -2.17. The molecule has 2 aromatic rings. The van der Waals surface area contributed by atoms with Crippen molar-refractivity contribution in [3.63, 3.8) is 0 Å². The van der Waals surface area contributed by atoms with Crippen LogP contribution in [-0.2, 0) is 12.8 Å². The molecule has 0 aromatic heterocycles. The lowest BCUT2D eigenvalue weighted by Crippen LogP contribution is -2.26. The Hall–Kier alpha value is -1.31. The molecule has 0 aliphatic rings. The third-order valence-electron chi connectivity index (χ3n) is 3.75. The van der Waals surface area contributed by atoms with Gasteiger partial charge >= 0.3 is 0 Å². The van der Waals surface area contributed by atoms with Crippen molar-refractivity contribution in [1.82, 2.24) is 0 Å². The van der Waals surface area contributed by atoms with Crippen molar-refractivity contribution in [2.45, 2.75) is 39.7 Å². The number of rotatable bonds is 4. The van der Waals surface area contributed by atoms with Crippen LogP contribution >= 0.6 is 11.6 Å². The first-order chi connectivity index (χ1) is 9.47. The Morgan fingerprint density at radius 2 is 1.60 bits per heavy atom. The van der Waals surface area contributed by atoms with Crippen LogP contribution in [-0.4, -0.2) is 6.04 Å². The fourth-order valence-corrected chi connectivity index (χ4v) is 3.03. The zero-order valence-corrected chi connectivity index (χ0v) is 13.2. The van der Waals surface area contributed by atoms with E-state index in [0.717, 1.165) is 23.4 Å². The second-order valence-electron chi connectivity index (χ2n) is 5.64. The highest BCUT2D eigenvalue weighted by molar-refractivity contribution is 6.31. The van der Waals surface area contributed by atoms with Crippen molar-refractivity contribution in [2.75, 3.05) is 0 Å². The van der Waals surface area contributed by atoms with Crippen LogP contribution in [0.2, 0.25) is 5.02 Å². The average molecular weight is 288 g/mol.